The van der Waals surface area contributed by atoms with E-state index in [-0.39, 0.29) is 0 Å². The van der Waals surface area contributed by atoms with Gasteiger partial charge in [0.05, 0.1) is 0 Å². The molecule has 3 aliphatic rings. The third-order valence-corrected chi connectivity index (χ3v) is 3.81. The molecule has 2 heteroatoms. The average Bonchev–Trinajstić information content (AvgIpc) is 2.80. The first-order valence-electron chi connectivity index (χ1n) is 5.26. The third-order valence-electron chi connectivity index (χ3n) is 3.81. The van der Waals surface area contributed by atoms with E-state index in [1.165, 1.54) is 25.7 Å². The molecular weight excluding hydrogens is 160 g/mol. The summed E-state index contributed by atoms with van der Waals surface area (Å²) in [5.41, 5.74) is 0.416. The summed E-state index contributed by atoms with van der Waals surface area (Å²) in [4.78, 5) is 0. The Labute approximate surface area is 79.1 Å². The summed E-state index contributed by atoms with van der Waals surface area (Å²) in [7, 11) is 0. The molecule has 0 radical (unpaired) electrons. The number of nitrogens with one attached hydrogen (secondary N) is 2. The van der Waals surface area contributed by atoms with Crippen molar-refractivity contribution in [3.63, 3.8) is 0 Å². The first kappa shape index (κ1) is 7.63. The molecule has 3 heterocycles. The van der Waals surface area contributed by atoms with Gasteiger partial charge in [0.1, 0.15) is 0 Å². The minimum Gasteiger partial charge on any atom is -0.368 e. The van der Waals surface area contributed by atoms with E-state index in [2.05, 4.69) is 35.2 Å². The van der Waals surface area contributed by atoms with Gasteiger partial charge in [0.2, 0.25) is 0 Å². The maximum atomic E-state index is 3.78. The summed E-state index contributed by atoms with van der Waals surface area (Å²) in [6, 6.07) is 0.816. The van der Waals surface area contributed by atoms with Crippen LogP contribution in [-0.4, -0.2) is 11.6 Å². The van der Waals surface area contributed by atoms with Crippen molar-refractivity contribution < 1.29 is 0 Å². The van der Waals surface area contributed by atoms with Gasteiger partial charge in [0, 0.05) is 17.5 Å². The van der Waals surface area contributed by atoms with E-state index in [1.54, 1.807) is 0 Å². The summed E-state index contributed by atoms with van der Waals surface area (Å²) in [5.74, 6) is 0.612. The molecule has 0 aromatic rings. The minimum absolute atomic E-state index is 0.416. The standard InChI is InChI=1S/C11H16N2/c1-5-11(6-2-10(1)13-11)9-3-7-12-8-4-9/h3-4,7-10,12-13H,1-2,5-6H2. The lowest BCUT2D eigenvalue weighted by molar-refractivity contribution is 0.327. The molecule has 3 rings (SSSR count). The lowest BCUT2D eigenvalue weighted by Gasteiger charge is -2.32. The Morgan fingerprint density at radius 3 is 2.31 bits per heavy atom. The van der Waals surface area contributed by atoms with Crippen molar-refractivity contribution in [3.8, 4) is 0 Å². The smallest absolute Gasteiger partial charge is 0.0283 e. The molecule has 0 aromatic carbocycles. The van der Waals surface area contributed by atoms with Crippen molar-refractivity contribution in [2.45, 2.75) is 37.3 Å². The molecule has 0 spiro atoms. The maximum Gasteiger partial charge on any atom is 0.0283 e. The largest absolute Gasteiger partial charge is 0.368 e. The molecule has 0 saturated carbocycles. The van der Waals surface area contributed by atoms with Gasteiger partial charge >= 0.3 is 0 Å². The summed E-state index contributed by atoms with van der Waals surface area (Å²) >= 11 is 0. The molecule has 2 bridgehead atoms. The fourth-order valence-electron chi connectivity index (χ4n) is 3.06. The van der Waals surface area contributed by atoms with Gasteiger partial charge in [-0.15, -0.1) is 0 Å². The van der Waals surface area contributed by atoms with E-state index in [0.717, 1.165) is 6.04 Å². The van der Waals surface area contributed by atoms with Gasteiger partial charge < -0.3 is 10.6 Å². The number of fused-ring (bicyclic) bond motifs is 2. The van der Waals surface area contributed by atoms with Crippen LogP contribution in [0.5, 0.6) is 0 Å². The van der Waals surface area contributed by atoms with E-state index in [0.29, 0.717) is 11.5 Å². The molecule has 3 aliphatic heterocycles. The summed E-state index contributed by atoms with van der Waals surface area (Å²) in [6.07, 6.45) is 14.2. The Balaban J connectivity index is 1.86. The van der Waals surface area contributed by atoms with Crippen LogP contribution in [0.4, 0.5) is 0 Å². The van der Waals surface area contributed by atoms with E-state index < -0.39 is 0 Å². The lowest BCUT2D eigenvalue weighted by Crippen LogP contribution is -2.43. The number of dihydropyridines is 1. The van der Waals surface area contributed by atoms with Crippen LogP contribution < -0.4 is 10.6 Å². The minimum atomic E-state index is 0.416. The first-order valence-corrected chi connectivity index (χ1v) is 5.26. The maximum absolute atomic E-state index is 3.78. The Morgan fingerprint density at radius 2 is 1.77 bits per heavy atom. The second-order valence-electron chi connectivity index (χ2n) is 4.49. The van der Waals surface area contributed by atoms with Gasteiger partial charge in [-0.2, -0.15) is 0 Å². The number of rotatable bonds is 1. The zero-order valence-electron chi connectivity index (χ0n) is 7.79. The Hall–Kier alpha value is -0.760. The van der Waals surface area contributed by atoms with Crippen molar-refractivity contribution in [2.75, 3.05) is 0 Å². The van der Waals surface area contributed by atoms with Gasteiger partial charge in [-0.1, -0.05) is 12.2 Å². The van der Waals surface area contributed by atoms with Gasteiger partial charge in [-0.25, -0.2) is 0 Å². The molecule has 13 heavy (non-hydrogen) atoms. The van der Waals surface area contributed by atoms with Crippen LogP contribution in [0.25, 0.3) is 0 Å². The molecule has 0 aliphatic carbocycles. The molecule has 0 unspecified atom stereocenters. The zero-order valence-corrected chi connectivity index (χ0v) is 7.79. The van der Waals surface area contributed by atoms with Crippen LogP contribution in [0, 0.1) is 5.92 Å². The van der Waals surface area contributed by atoms with Crippen LogP contribution in [0.1, 0.15) is 25.7 Å². The van der Waals surface area contributed by atoms with Crippen LogP contribution in [0.15, 0.2) is 24.6 Å². The summed E-state index contributed by atoms with van der Waals surface area (Å²) in [6.45, 7) is 0. The summed E-state index contributed by atoms with van der Waals surface area (Å²) < 4.78 is 0. The topological polar surface area (TPSA) is 24.1 Å². The lowest BCUT2D eigenvalue weighted by atomic mass is 9.77. The van der Waals surface area contributed by atoms with Crippen molar-refractivity contribution in [3.05, 3.63) is 24.6 Å². The number of hydrogen-bond acceptors (Lipinski definition) is 2. The highest BCUT2D eigenvalue weighted by molar-refractivity contribution is 5.20. The molecule has 0 aromatic heterocycles. The second-order valence-corrected chi connectivity index (χ2v) is 4.49. The van der Waals surface area contributed by atoms with Gasteiger partial charge in [0.15, 0.2) is 0 Å². The van der Waals surface area contributed by atoms with Crippen LogP contribution in [-0.2, 0) is 0 Å². The quantitative estimate of drug-likeness (QED) is 0.633. The molecule has 2 N–H and O–H groups in total. The third kappa shape index (κ3) is 1.05. The van der Waals surface area contributed by atoms with Crippen molar-refractivity contribution in [2.24, 2.45) is 5.92 Å². The van der Waals surface area contributed by atoms with Crippen molar-refractivity contribution in [1.82, 2.24) is 10.6 Å². The first-order chi connectivity index (χ1) is 6.39. The monoisotopic (exact) mass is 176 g/mol. The molecule has 2 fully saturated rings. The predicted molar refractivity (Wildman–Crippen MR) is 53.0 cm³/mol. The molecule has 0 amide bonds. The fraction of sp³-hybridized carbons (Fsp3) is 0.636. The molecular formula is C11H16N2. The molecule has 2 saturated heterocycles. The summed E-state index contributed by atoms with van der Waals surface area (Å²) in [5, 5.41) is 6.88. The van der Waals surface area contributed by atoms with Crippen LogP contribution in [0.2, 0.25) is 0 Å². The van der Waals surface area contributed by atoms with Crippen LogP contribution in [0.3, 0.4) is 0 Å². The zero-order chi connectivity index (χ0) is 8.73. The molecule has 2 nitrogen and oxygen atoms in total. The van der Waals surface area contributed by atoms with Gasteiger partial charge in [-0.3, -0.25) is 0 Å². The SMILES string of the molecule is C1=CC(C23CCC(CC2)N3)C=CN1. The van der Waals surface area contributed by atoms with Crippen molar-refractivity contribution in [1.29, 1.82) is 0 Å². The molecule has 70 valence electrons. The fourth-order valence-corrected chi connectivity index (χ4v) is 3.06. The predicted octanol–water partition coefficient (Wildman–Crippen LogP) is 1.52. The second kappa shape index (κ2) is 2.61. The van der Waals surface area contributed by atoms with Gasteiger partial charge in [-0.05, 0) is 38.1 Å². The van der Waals surface area contributed by atoms with E-state index in [1.807, 2.05) is 0 Å². The van der Waals surface area contributed by atoms with E-state index >= 15 is 0 Å². The highest BCUT2D eigenvalue weighted by Crippen LogP contribution is 2.43. The Morgan fingerprint density at radius 1 is 1.08 bits per heavy atom. The highest BCUT2D eigenvalue weighted by Gasteiger charge is 2.47. The average molecular weight is 176 g/mol. The van der Waals surface area contributed by atoms with Gasteiger partial charge in [0.25, 0.3) is 0 Å². The number of hydrogen-bond donors (Lipinski definition) is 2. The molecule has 0 atom stereocenters. The Bertz CT molecular complexity index is 247. The highest BCUT2D eigenvalue weighted by atomic mass is 15.1. The Kier molecular flexibility index (Phi) is 1.53. The van der Waals surface area contributed by atoms with E-state index in [4.69, 9.17) is 0 Å². The van der Waals surface area contributed by atoms with Crippen molar-refractivity contribution >= 4 is 0 Å². The van der Waals surface area contributed by atoms with E-state index in [9.17, 15) is 0 Å². The normalized spacial score (nSPS) is 42.6. The van der Waals surface area contributed by atoms with Crippen LogP contribution >= 0.6 is 0 Å².